The molecule has 1 aromatic carbocycles. The first kappa shape index (κ1) is 18.7. The largest absolute Gasteiger partial charge is 0.376 e. The molecule has 1 saturated heterocycles. The molecule has 1 fully saturated rings. The van der Waals surface area contributed by atoms with Crippen LogP contribution in [0.2, 0.25) is 0 Å². The summed E-state index contributed by atoms with van der Waals surface area (Å²) in [5, 5.41) is 12.0. The molecule has 0 aliphatic carbocycles. The van der Waals surface area contributed by atoms with E-state index >= 15 is 0 Å². The van der Waals surface area contributed by atoms with E-state index in [4.69, 9.17) is 14.7 Å². The predicted molar refractivity (Wildman–Crippen MR) is 116 cm³/mol. The first-order valence-corrected chi connectivity index (χ1v) is 11.6. The Balaban J connectivity index is 1.42. The zero-order valence-corrected chi connectivity index (χ0v) is 17.7. The maximum absolute atomic E-state index is 5.88. The number of benzene rings is 1. The summed E-state index contributed by atoms with van der Waals surface area (Å²) in [6.45, 7) is 3.64. The van der Waals surface area contributed by atoms with Crippen molar-refractivity contribution in [2.24, 2.45) is 0 Å². The highest BCUT2D eigenvalue weighted by Gasteiger charge is 2.22. The fourth-order valence-electron chi connectivity index (χ4n) is 3.53. The number of ether oxygens (including phenoxy) is 1. The number of nitrogens with zero attached hydrogens (tertiary/aromatic N) is 5. The average molecular weight is 424 g/mol. The van der Waals surface area contributed by atoms with E-state index in [-0.39, 0.29) is 6.10 Å². The SMILES string of the molecule is Cc1nc2ccccc2nc1CSc1nnc(-c2cccs2)n1C[C@H]1CCCO1. The van der Waals surface area contributed by atoms with E-state index < -0.39 is 0 Å². The quantitative estimate of drug-likeness (QED) is 0.418. The highest BCUT2D eigenvalue weighted by Crippen LogP contribution is 2.30. The van der Waals surface area contributed by atoms with E-state index in [1.54, 1.807) is 23.1 Å². The fourth-order valence-corrected chi connectivity index (χ4v) is 5.21. The van der Waals surface area contributed by atoms with Gasteiger partial charge in [-0.3, -0.25) is 4.57 Å². The third kappa shape index (κ3) is 3.92. The second-order valence-electron chi connectivity index (χ2n) is 7.06. The van der Waals surface area contributed by atoms with Gasteiger partial charge in [0.05, 0.1) is 39.9 Å². The molecule has 6 nitrogen and oxygen atoms in total. The van der Waals surface area contributed by atoms with Crippen molar-refractivity contribution < 1.29 is 4.74 Å². The summed E-state index contributed by atoms with van der Waals surface area (Å²) >= 11 is 3.34. The van der Waals surface area contributed by atoms with Crippen LogP contribution in [0.5, 0.6) is 0 Å². The van der Waals surface area contributed by atoms with Crippen LogP contribution in [0.15, 0.2) is 46.9 Å². The van der Waals surface area contributed by atoms with Gasteiger partial charge in [0.2, 0.25) is 0 Å². The summed E-state index contributed by atoms with van der Waals surface area (Å²) in [4.78, 5) is 10.6. The van der Waals surface area contributed by atoms with Crippen LogP contribution >= 0.6 is 23.1 Å². The third-order valence-corrected chi connectivity index (χ3v) is 6.89. The molecular formula is C21H21N5OS2. The van der Waals surface area contributed by atoms with Gasteiger partial charge in [-0.05, 0) is 43.3 Å². The van der Waals surface area contributed by atoms with E-state index in [0.717, 1.165) is 64.3 Å². The number of aromatic nitrogens is 5. The molecule has 0 saturated carbocycles. The lowest BCUT2D eigenvalue weighted by Gasteiger charge is -2.14. The molecule has 1 aliphatic rings. The van der Waals surface area contributed by atoms with Crippen LogP contribution in [0, 0.1) is 6.92 Å². The minimum Gasteiger partial charge on any atom is -0.376 e. The second-order valence-corrected chi connectivity index (χ2v) is 8.95. The van der Waals surface area contributed by atoms with Crippen LogP contribution in [0.3, 0.4) is 0 Å². The predicted octanol–water partition coefficient (Wildman–Crippen LogP) is 4.73. The highest BCUT2D eigenvalue weighted by molar-refractivity contribution is 7.98. The molecule has 29 heavy (non-hydrogen) atoms. The molecule has 5 rings (SSSR count). The van der Waals surface area contributed by atoms with Gasteiger partial charge in [-0.25, -0.2) is 9.97 Å². The molecule has 0 amide bonds. The van der Waals surface area contributed by atoms with Crippen LogP contribution in [0.1, 0.15) is 24.2 Å². The van der Waals surface area contributed by atoms with Crippen molar-refractivity contribution in [3.63, 3.8) is 0 Å². The Kier molecular flexibility index (Phi) is 5.30. The topological polar surface area (TPSA) is 65.7 Å². The van der Waals surface area contributed by atoms with E-state index in [0.29, 0.717) is 5.75 Å². The lowest BCUT2D eigenvalue weighted by molar-refractivity contribution is 0.0953. The van der Waals surface area contributed by atoms with Gasteiger partial charge in [-0.1, -0.05) is 30.0 Å². The minimum atomic E-state index is 0.228. The van der Waals surface area contributed by atoms with Gasteiger partial charge >= 0.3 is 0 Å². The number of para-hydroxylation sites is 2. The van der Waals surface area contributed by atoms with Crippen LogP contribution in [0.4, 0.5) is 0 Å². The molecule has 0 bridgehead atoms. The fraction of sp³-hybridized carbons (Fsp3) is 0.333. The molecule has 1 atom stereocenters. The van der Waals surface area contributed by atoms with Gasteiger partial charge in [-0.2, -0.15) is 0 Å². The maximum Gasteiger partial charge on any atom is 0.191 e. The van der Waals surface area contributed by atoms with Crippen molar-refractivity contribution in [3.8, 4) is 10.7 Å². The molecule has 0 radical (unpaired) electrons. The number of hydrogen-bond donors (Lipinski definition) is 0. The third-order valence-electron chi connectivity index (χ3n) is 5.05. The van der Waals surface area contributed by atoms with Gasteiger partial charge in [0.1, 0.15) is 0 Å². The molecule has 8 heteroatoms. The van der Waals surface area contributed by atoms with Gasteiger partial charge in [0.15, 0.2) is 11.0 Å². The van der Waals surface area contributed by atoms with Crippen molar-refractivity contribution in [3.05, 3.63) is 53.2 Å². The molecule has 4 aromatic rings. The smallest absolute Gasteiger partial charge is 0.191 e. The lowest BCUT2D eigenvalue weighted by Crippen LogP contribution is -2.16. The van der Waals surface area contributed by atoms with Gasteiger partial charge in [0, 0.05) is 12.4 Å². The Morgan fingerprint density at radius 3 is 2.76 bits per heavy atom. The van der Waals surface area contributed by atoms with E-state index in [1.807, 2.05) is 37.3 Å². The molecule has 0 N–H and O–H groups in total. The highest BCUT2D eigenvalue weighted by atomic mass is 32.2. The van der Waals surface area contributed by atoms with E-state index in [2.05, 4.69) is 26.2 Å². The first-order valence-electron chi connectivity index (χ1n) is 9.71. The number of hydrogen-bond acceptors (Lipinski definition) is 7. The minimum absolute atomic E-state index is 0.228. The maximum atomic E-state index is 5.88. The van der Waals surface area contributed by atoms with Crippen LogP contribution in [0.25, 0.3) is 21.7 Å². The molecule has 4 heterocycles. The van der Waals surface area contributed by atoms with Gasteiger partial charge < -0.3 is 4.74 Å². The Labute approximate surface area is 177 Å². The van der Waals surface area contributed by atoms with E-state index in [9.17, 15) is 0 Å². The van der Waals surface area contributed by atoms with Crippen LogP contribution in [-0.2, 0) is 17.0 Å². The standard InChI is InChI=1S/C21H21N5OS2/c1-14-18(23-17-8-3-2-7-16(17)22-14)13-29-21-25-24-20(19-9-5-11-28-19)26(21)12-15-6-4-10-27-15/h2-3,5,7-9,11,15H,4,6,10,12-13H2,1H3/t15-/m1/s1. The Morgan fingerprint density at radius 2 is 2.00 bits per heavy atom. The number of thioether (sulfide) groups is 1. The summed E-state index contributed by atoms with van der Waals surface area (Å²) in [7, 11) is 0. The Morgan fingerprint density at radius 1 is 1.14 bits per heavy atom. The zero-order valence-electron chi connectivity index (χ0n) is 16.1. The molecule has 1 aliphatic heterocycles. The van der Waals surface area contributed by atoms with Crippen molar-refractivity contribution in [1.82, 2.24) is 24.7 Å². The first-order chi connectivity index (χ1) is 14.3. The number of aryl methyl sites for hydroxylation is 1. The number of thiophene rings is 1. The van der Waals surface area contributed by atoms with Crippen molar-refractivity contribution in [1.29, 1.82) is 0 Å². The van der Waals surface area contributed by atoms with Crippen molar-refractivity contribution in [2.45, 2.75) is 43.3 Å². The monoisotopic (exact) mass is 423 g/mol. The Bertz CT molecular complexity index is 1120. The van der Waals surface area contributed by atoms with Gasteiger partial charge in [-0.15, -0.1) is 21.5 Å². The summed E-state index contributed by atoms with van der Waals surface area (Å²) in [6.07, 6.45) is 2.43. The van der Waals surface area contributed by atoms with E-state index in [1.165, 1.54) is 0 Å². The lowest BCUT2D eigenvalue weighted by atomic mass is 10.2. The number of fused-ring (bicyclic) bond motifs is 1. The summed E-state index contributed by atoms with van der Waals surface area (Å²) in [5.41, 5.74) is 3.80. The molecule has 148 valence electrons. The molecule has 0 spiro atoms. The molecule has 3 aromatic heterocycles. The summed E-state index contributed by atoms with van der Waals surface area (Å²) in [6, 6.07) is 12.1. The molecule has 0 unspecified atom stereocenters. The Hall–Kier alpha value is -2.29. The zero-order chi connectivity index (χ0) is 19.6. The number of rotatable bonds is 6. The summed E-state index contributed by atoms with van der Waals surface area (Å²) < 4.78 is 8.08. The molecular weight excluding hydrogens is 402 g/mol. The van der Waals surface area contributed by atoms with Crippen LogP contribution < -0.4 is 0 Å². The normalized spacial score (nSPS) is 16.7. The average Bonchev–Trinajstić information content (AvgIpc) is 3.49. The second kappa shape index (κ2) is 8.22. The van der Waals surface area contributed by atoms with Gasteiger partial charge in [0.25, 0.3) is 0 Å². The van der Waals surface area contributed by atoms with Crippen molar-refractivity contribution >= 4 is 34.1 Å². The van der Waals surface area contributed by atoms with Crippen molar-refractivity contribution in [2.75, 3.05) is 6.61 Å². The summed E-state index contributed by atoms with van der Waals surface area (Å²) in [5.74, 6) is 1.62. The van der Waals surface area contributed by atoms with Crippen LogP contribution in [-0.4, -0.2) is 37.4 Å².